The smallest absolute Gasteiger partial charge is 0.331 e. The Morgan fingerprint density at radius 1 is 0.925 bits per heavy atom. The van der Waals surface area contributed by atoms with Gasteiger partial charge in [-0.1, -0.05) is 36.4 Å². The van der Waals surface area contributed by atoms with Gasteiger partial charge in [0.15, 0.2) is 11.6 Å². The fourth-order valence-electron chi connectivity index (χ4n) is 5.75. The van der Waals surface area contributed by atoms with Crippen molar-refractivity contribution in [3.63, 3.8) is 0 Å². The molecule has 0 radical (unpaired) electrons. The van der Waals surface area contributed by atoms with Crippen LogP contribution in [-0.2, 0) is 29.0 Å². The molecule has 2 amide bonds. The van der Waals surface area contributed by atoms with Gasteiger partial charge < -0.3 is 9.80 Å². The molecule has 1 saturated heterocycles. The molecule has 0 N–H and O–H groups in total. The van der Waals surface area contributed by atoms with Gasteiger partial charge in [-0.25, -0.2) is 13.6 Å². The first-order valence-electron chi connectivity index (χ1n) is 13.6. The molecule has 0 bridgehead atoms. The van der Waals surface area contributed by atoms with Gasteiger partial charge in [0.05, 0.1) is 12.0 Å². The predicted molar refractivity (Wildman–Crippen MR) is 146 cm³/mol. The van der Waals surface area contributed by atoms with E-state index in [9.17, 15) is 28.0 Å². The molecule has 0 aliphatic carbocycles. The van der Waals surface area contributed by atoms with Gasteiger partial charge in [0.2, 0.25) is 11.8 Å². The molecule has 2 aliphatic rings. The number of amides is 2. The molecule has 40 heavy (non-hydrogen) atoms. The van der Waals surface area contributed by atoms with Crippen LogP contribution in [0.25, 0.3) is 11.1 Å². The predicted octanol–water partition coefficient (Wildman–Crippen LogP) is 3.15. The first kappa shape index (κ1) is 27.5. The topological polar surface area (TPSA) is 84.6 Å². The van der Waals surface area contributed by atoms with Crippen LogP contribution in [0.15, 0.2) is 58.3 Å². The highest BCUT2D eigenvalue weighted by Gasteiger charge is 2.31. The molecular weight excluding hydrogens is 518 g/mol. The minimum Gasteiger partial charge on any atom is -0.341 e. The molecule has 3 heterocycles. The van der Waals surface area contributed by atoms with Crippen LogP contribution in [0.1, 0.15) is 43.9 Å². The molecule has 0 spiro atoms. The molecular formula is C30H32F2N4O4. The fraction of sp³-hybridized carbons (Fsp3) is 0.400. The van der Waals surface area contributed by atoms with Crippen LogP contribution >= 0.6 is 0 Å². The molecule has 2 aliphatic heterocycles. The van der Waals surface area contributed by atoms with E-state index in [2.05, 4.69) is 6.07 Å². The van der Waals surface area contributed by atoms with Crippen molar-refractivity contribution in [2.45, 2.75) is 58.2 Å². The summed E-state index contributed by atoms with van der Waals surface area (Å²) in [4.78, 5) is 56.1. The number of nitrogens with zero attached hydrogens (tertiary/aromatic N) is 4. The molecule has 1 fully saturated rings. The zero-order valence-electron chi connectivity index (χ0n) is 22.6. The third-order valence-electron chi connectivity index (χ3n) is 7.91. The first-order valence-corrected chi connectivity index (χ1v) is 13.6. The second-order valence-corrected chi connectivity index (χ2v) is 10.7. The maximum atomic E-state index is 14.6. The van der Waals surface area contributed by atoms with Gasteiger partial charge in [0.25, 0.3) is 5.56 Å². The molecule has 8 nitrogen and oxygen atoms in total. The summed E-state index contributed by atoms with van der Waals surface area (Å²) >= 11 is 0. The lowest BCUT2D eigenvalue weighted by Gasteiger charge is -2.38. The summed E-state index contributed by atoms with van der Waals surface area (Å²) in [6.07, 6.45) is 3.55. The average Bonchev–Trinajstić information content (AvgIpc) is 3.10. The number of hydrogen-bond acceptors (Lipinski definition) is 4. The van der Waals surface area contributed by atoms with Gasteiger partial charge in [0, 0.05) is 43.5 Å². The van der Waals surface area contributed by atoms with Gasteiger partial charge in [-0.15, -0.1) is 0 Å². The Morgan fingerprint density at radius 2 is 1.62 bits per heavy atom. The van der Waals surface area contributed by atoms with Crippen LogP contribution in [0.4, 0.5) is 8.78 Å². The summed E-state index contributed by atoms with van der Waals surface area (Å²) in [5, 5.41) is 0. The number of aromatic nitrogens is 2. The largest absolute Gasteiger partial charge is 0.341 e. The highest BCUT2D eigenvalue weighted by Crippen LogP contribution is 2.24. The maximum absolute atomic E-state index is 14.6. The van der Waals surface area contributed by atoms with E-state index in [4.69, 9.17) is 0 Å². The average molecular weight is 551 g/mol. The summed E-state index contributed by atoms with van der Waals surface area (Å²) in [5.74, 6) is -2.54. The number of likely N-dealkylation sites (tertiary alicyclic amines) is 1. The van der Waals surface area contributed by atoms with Gasteiger partial charge in [0.1, 0.15) is 6.54 Å². The second-order valence-electron chi connectivity index (χ2n) is 10.7. The minimum absolute atomic E-state index is 0.0268. The zero-order chi connectivity index (χ0) is 28.6. The molecule has 210 valence electrons. The second kappa shape index (κ2) is 11.2. The fourth-order valence-corrected chi connectivity index (χ4v) is 5.75. The van der Waals surface area contributed by atoms with E-state index < -0.39 is 28.9 Å². The highest BCUT2D eigenvalue weighted by molar-refractivity contribution is 5.80. The summed E-state index contributed by atoms with van der Waals surface area (Å²) in [6.45, 7) is 4.40. The lowest BCUT2D eigenvalue weighted by atomic mass is 10.0. The van der Waals surface area contributed by atoms with Gasteiger partial charge in [-0.3, -0.25) is 23.5 Å². The van der Waals surface area contributed by atoms with Crippen molar-refractivity contribution < 1.29 is 18.4 Å². The molecule has 1 aromatic heterocycles. The van der Waals surface area contributed by atoms with Crippen molar-refractivity contribution in [2.24, 2.45) is 0 Å². The lowest BCUT2D eigenvalue weighted by molar-refractivity contribution is -0.136. The van der Waals surface area contributed by atoms with Crippen LogP contribution in [0.2, 0.25) is 0 Å². The lowest BCUT2D eigenvalue weighted by Crippen LogP contribution is -2.50. The third-order valence-corrected chi connectivity index (χ3v) is 7.91. The van der Waals surface area contributed by atoms with Gasteiger partial charge in [-0.05, 0) is 50.3 Å². The van der Waals surface area contributed by atoms with E-state index in [1.54, 1.807) is 18.7 Å². The van der Waals surface area contributed by atoms with Gasteiger partial charge in [-0.2, -0.15) is 0 Å². The van der Waals surface area contributed by atoms with Crippen molar-refractivity contribution >= 4 is 11.8 Å². The van der Waals surface area contributed by atoms with Crippen molar-refractivity contribution in [1.29, 1.82) is 0 Å². The molecule has 0 unspecified atom stereocenters. The number of rotatable bonds is 5. The van der Waals surface area contributed by atoms with Crippen LogP contribution in [-0.4, -0.2) is 56.4 Å². The zero-order valence-corrected chi connectivity index (χ0v) is 22.6. The maximum Gasteiger partial charge on any atom is 0.331 e. The third kappa shape index (κ3) is 5.22. The van der Waals surface area contributed by atoms with E-state index >= 15 is 0 Å². The monoisotopic (exact) mass is 550 g/mol. The number of halogens is 2. The Bertz CT molecular complexity index is 1570. The Morgan fingerprint density at radius 3 is 2.33 bits per heavy atom. The first-order chi connectivity index (χ1) is 19.2. The molecule has 0 atom stereocenters. The van der Waals surface area contributed by atoms with Crippen LogP contribution in [0.5, 0.6) is 0 Å². The number of hydrogen-bond donors (Lipinski definition) is 0. The number of piperidine rings is 1. The van der Waals surface area contributed by atoms with E-state index in [0.29, 0.717) is 38.9 Å². The molecule has 3 aromatic rings. The number of fused-ring (bicyclic) bond motifs is 1. The molecule has 5 rings (SSSR count). The Hall–Kier alpha value is -4.08. The summed E-state index contributed by atoms with van der Waals surface area (Å²) in [5.41, 5.74) is 0.338. The summed E-state index contributed by atoms with van der Waals surface area (Å²) < 4.78 is 30.6. The number of carbonyl (C=O) groups is 2. The SMILES string of the molecule is CC(C)n1c(=O)c(-c2cccc(F)c2F)cn(CC(=O)N2CCC(N3CCc4ccccc4CC3=O)CC2)c1=O. The van der Waals surface area contributed by atoms with Gasteiger partial charge >= 0.3 is 5.69 Å². The summed E-state index contributed by atoms with van der Waals surface area (Å²) in [6, 6.07) is 10.9. The minimum atomic E-state index is -1.19. The standard InChI is InChI=1S/C30H32F2N4O4/c1-19(2)36-29(39)24(23-8-5-9-25(31)28(23)32)17-34(30(36)40)18-27(38)33-13-11-22(12-14-33)35-15-10-20-6-3-4-7-21(20)16-26(35)37/h3-9,17,19,22H,10-16,18H2,1-2H3. The Kier molecular flexibility index (Phi) is 7.69. The van der Waals surface area contributed by atoms with Crippen LogP contribution in [0, 0.1) is 11.6 Å². The van der Waals surface area contributed by atoms with Crippen LogP contribution in [0.3, 0.4) is 0 Å². The molecule has 10 heteroatoms. The highest BCUT2D eigenvalue weighted by atomic mass is 19.2. The van der Waals surface area contributed by atoms with E-state index in [-0.39, 0.29) is 35.5 Å². The van der Waals surface area contributed by atoms with Crippen molar-refractivity contribution in [3.05, 3.63) is 92.3 Å². The van der Waals surface area contributed by atoms with Crippen LogP contribution < -0.4 is 11.2 Å². The quantitative estimate of drug-likeness (QED) is 0.489. The van der Waals surface area contributed by atoms with E-state index in [1.165, 1.54) is 17.7 Å². The van der Waals surface area contributed by atoms with Crippen molar-refractivity contribution in [1.82, 2.24) is 18.9 Å². The van der Waals surface area contributed by atoms with Crippen molar-refractivity contribution in [2.75, 3.05) is 19.6 Å². The summed E-state index contributed by atoms with van der Waals surface area (Å²) in [7, 11) is 0. The van der Waals surface area contributed by atoms with E-state index in [1.807, 2.05) is 23.1 Å². The Labute approximate surface area is 230 Å². The molecule has 2 aromatic carbocycles. The normalized spacial score (nSPS) is 16.3. The molecule has 0 saturated carbocycles. The number of benzene rings is 2. The number of carbonyl (C=O) groups excluding carboxylic acids is 2. The van der Waals surface area contributed by atoms with E-state index in [0.717, 1.165) is 33.4 Å². The Balaban J connectivity index is 1.32. The van der Waals surface area contributed by atoms with Crippen molar-refractivity contribution in [3.8, 4) is 11.1 Å².